The van der Waals surface area contributed by atoms with Gasteiger partial charge in [-0.15, -0.1) is 0 Å². The van der Waals surface area contributed by atoms with Gasteiger partial charge in [-0.05, 0) is 29.8 Å². The molecule has 0 bridgehead atoms. The second-order valence-electron chi connectivity index (χ2n) is 4.94. The minimum atomic E-state index is 0.00306. The fraction of sp³-hybridized carbons (Fsp3) is 0.250. The maximum absolute atomic E-state index is 10.9. The normalized spacial score (nSPS) is 13.6. The molecule has 0 saturated carbocycles. The number of rotatable bonds is 2. The zero-order valence-corrected chi connectivity index (χ0v) is 14.9. The van der Waals surface area contributed by atoms with Crippen molar-refractivity contribution < 1.29 is 9.53 Å². The first-order valence-corrected chi connectivity index (χ1v) is 8.17. The van der Waals surface area contributed by atoms with E-state index in [4.69, 9.17) is 33.7 Å². The highest BCUT2D eigenvalue weighted by molar-refractivity contribution is 6.30. The van der Waals surface area contributed by atoms with Gasteiger partial charge in [0.15, 0.2) is 5.82 Å². The number of ether oxygens (including phenoxy) is 1. The summed E-state index contributed by atoms with van der Waals surface area (Å²) in [5.74, 6) is 0.503. The van der Waals surface area contributed by atoms with Gasteiger partial charge in [0, 0.05) is 23.7 Å². The van der Waals surface area contributed by atoms with E-state index in [1.165, 1.54) is 6.08 Å². The molecule has 2 heterocycles. The van der Waals surface area contributed by atoms with Crippen molar-refractivity contribution >= 4 is 35.1 Å². The quantitative estimate of drug-likeness (QED) is 0.802. The van der Waals surface area contributed by atoms with Crippen LogP contribution < -0.4 is 5.73 Å². The molecule has 1 saturated heterocycles. The Morgan fingerprint density at radius 3 is 2.56 bits per heavy atom. The molecule has 0 aliphatic carbocycles. The van der Waals surface area contributed by atoms with Crippen LogP contribution in [0.3, 0.4) is 0 Å². The molecule has 7 nitrogen and oxygen atoms in total. The Morgan fingerprint density at radius 1 is 1.24 bits per heavy atom. The lowest BCUT2D eigenvalue weighted by molar-refractivity contribution is -0.129. The van der Waals surface area contributed by atoms with Crippen molar-refractivity contribution in [1.82, 2.24) is 19.9 Å². The molecule has 25 heavy (non-hydrogen) atoms. The molecule has 3 rings (SSSR count). The highest BCUT2D eigenvalue weighted by Gasteiger charge is 2.12. The van der Waals surface area contributed by atoms with Crippen LogP contribution in [-0.4, -0.2) is 52.1 Å². The molecule has 132 valence electrons. The second kappa shape index (κ2) is 9.31. The van der Waals surface area contributed by atoms with Crippen molar-refractivity contribution in [2.24, 2.45) is 0 Å². The molecule has 1 fully saturated rings. The van der Waals surface area contributed by atoms with Gasteiger partial charge < -0.3 is 15.4 Å². The minimum Gasteiger partial charge on any atom is -0.378 e. The second-order valence-corrected chi connectivity index (χ2v) is 5.71. The van der Waals surface area contributed by atoms with Gasteiger partial charge in [-0.2, -0.15) is 15.0 Å². The summed E-state index contributed by atoms with van der Waals surface area (Å²) in [5.41, 5.74) is 6.20. The van der Waals surface area contributed by atoms with Gasteiger partial charge in [-0.25, -0.2) is 0 Å². The monoisotopic (exact) mass is 381 g/mol. The lowest BCUT2D eigenvalue weighted by Crippen LogP contribution is -2.39. The molecule has 1 amide bonds. The van der Waals surface area contributed by atoms with Crippen LogP contribution in [-0.2, 0) is 9.53 Å². The molecular weight excluding hydrogens is 365 g/mol. The minimum absolute atomic E-state index is 0.00306. The van der Waals surface area contributed by atoms with Crippen molar-refractivity contribution in [2.75, 3.05) is 32.0 Å². The van der Waals surface area contributed by atoms with Crippen molar-refractivity contribution in [3.05, 3.63) is 47.2 Å². The van der Waals surface area contributed by atoms with Crippen LogP contribution in [0.2, 0.25) is 10.3 Å². The van der Waals surface area contributed by atoms with Gasteiger partial charge in [0.25, 0.3) is 0 Å². The number of nitrogens with two attached hydrogens (primary N) is 1. The Kier molecular flexibility index (Phi) is 7.12. The largest absolute Gasteiger partial charge is 0.378 e. The molecule has 2 N–H and O–H groups in total. The Balaban J connectivity index is 0.000000196. The number of hydrogen-bond donors (Lipinski definition) is 1. The first kappa shape index (κ1) is 19.1. The SMILES string of the molecule is C=CC(=O)N1CCOCC1.Nc1nc(Cl)nc(-c2cccc(Cl)c2)n1. The average Bonchev–Trinajstić information content (AvgIpc) is 2.61. The highest BCUT2D eigenvalue weighted by atomic mass is 35.5. The van der Waals surface area contributed by atoms with E-state index in [2.05, 4.69) is 21.5 Å². The summed E-state index contributed by atoms with van der Waals surface area (Å²) in [6, 6.07) is 7.10. The first-order chi connectivity index (χ1) is 12.0. The number of aromatic nitrogens is 3. The molecule has 2 aromatic rings. The molecule has 0 spiro atoms. The van der Waals surface area contributed by atoms with E-state index in [1.54, 1.807) is 23.1 Å². The van der Waals surface area contributed by atoms with Crippen molar-refractivity contribution in [1.29, 1.82) is 0 Å². The Bertz CT molecular complexity index is 731. The molecule has 1 aliphatic rings. The van der Waals surface area contributed by atoms with Gasteiger partial charge in [0.2, 0.25) is 17.1 Å². The number of carbonyl (C=O) groups is 1. The van der Waals surface area contributed by atoms with E-state index in [0.29, 0.717) is 37.2 Å². The van der Waals surface area contributed by atoms with Gasteiger partial charge >= 0.3 is 0 Å². The third-order valence-corrected chi connectivity index (χ3v) is 3.61. The van der Waals surface area contributed by atoms with E-state index < -0.39 is 0 Å². The molecule has 0 unspecified atom stereocenters. The predicted octanol–water partition coefficient (Wildman–Crippen LogP) is 2.46. The zero-order valence-electron chi connectivity index (χ0n) is 13.4. The van der Waals surface area contributed by atoms with Crippen molar-refractivity contribution in [3.63, 3.8) is 0 Å². The smallest absolute Gasteiger partial charge is 0.246 e. The molecule has 0 atom stereocenters. The maximum Gasteiger partial charge on any atom is 0.246 e. The number of nitrogen functional groups attached to an aromatic ring is 1. The van der Waals surface area contributed by atoms with E-state index in [9.17, 15) is 4.79 Å². The highest BCUT2D eigenvalue weighted by Crippen LogP contribution is 2.20. The van der Waals surface area contributed by atoms with E-state index in [-0.39, 0.29) is 17.1 Å². The summed E-state index contributed by atoms with van der Waals surface area (Å²) in [6.07, 6.45) is 1.34. The molecule has 9 heteroatoms. The van der Waals surface area contributed by atoms with E-state index >= 15 is 0 Å². The van der Waals surface area contributed by atoms with Crippen molar-refractivity contribution in [2.45, 2.75) is 0 Å². The van der Waals surface area contributed by atoms with Crippen LogP contribution in [0.15, 0.2) is 36.9 Å². The number of anilines is 1. The number of halogens is 2. The Hall–Kier alpha value is -2.22. The lowest BCUT2D eigenvalue weighted by atomic mass is 10.2. The summed E-state index contributed by atoms with van der Waals surface area (Å²) in [4.78, 5) is 24.2. The summed E-state index contributed by atoms with van der Waals surface area (Å²) < 4.78 is 5.07. The van der Waals surface area contributed by atoms with E-state index in [1.807, 2.05) is 6.07 Å². The van der Waals surface area contributed by atoms with Gasteiger partial charge in [0.1, 0.15) is 0 Å². The topological polar surface area (TPSA) is 94.2 Å². The van der Waals surface area contributed by atoms with Gasteiger partial charge in [0.05, 0.1) is 13.2 Å². The predicted molar refractivity (Wildman–Crippen MR) is 97.3 cm³/mol. The number of hydrogen-bond acceptors (Lipinski definition) is 6. The number of amides is 1. The average molecular weight is 382 g/mol. The number of morpholine rings is 1. The Morgan fingerprint density at radius 2 is 1.96 bits per heavy atom. The zero-order chi connectivity index (χ0) is 18.2. The standard InChI is InChI=1S/C9H6Cl2N4.C7H11NO2/c10-6-3-1-2-5(4-6)7-13-8(11)15-9(12)14-7;1-2-7(9)8-3-5-10-6-4-8/h1-4H,(H2,12,13,14,15);2H,1,3-6H2. The molecular formula is C16H17Cl2N5O2. The summed E-state index contributed by atoms with van der Waals surface area (Å²) >= 11 is 11.5. The Labute approximate surface area is 155 Å². The van der Waals surface area contributed by atoms with Gasteiger partial charge in [-0.1, -0.05) is 30.3 Å². The molecule has 1 aliphatic heterocycles. The van der Waals surface area contributed by atoms with Crippen LogP contribution in [0.1, 0.15) is 0 Å². The van der Waals surface area contributed by atoms with Crippen LogP contribution >= 0.6 is 23.2 Å². The fourth-order valence-electron chi connectivity index (χ4n) is 2.03. The molecule has 0 radical (unpaired) electrons. The third-order valence-electron chi connectivity index (χ3n) is 3.21. The van der Waals surface area contributed by atoms with Crippen LogP contribution in [0.4, 0.5) is 5.95 Å². The third kappa shape index (κ3) is 5.97. The summed E-state index contributed by atoms with van der Waals surface area (Å²) in [5, 5.41) is 0.667. The number of nitrogens with zero attached hydrogens (tertiary/aromatic N) is 4. The van der Waals surface area contributed by atoms with Gasteiger partial charge in [-0.3, -0.25) is 4.79 Å². The first-order valence-electron chi connectivity index (χ1n) is 7.41. The lowest BCUT2D eigenvalue weighted by Gasteiger charge is -2.25. The van der Waals surface area contributed by atoms with Crippen LogP contribution in [0, 0.1) is 0 Å². The summed E-state index contributed by atoms with van der Waals surface area (Å²) in [6.45, 7) is 6.11. The molecule has 1 aromatic heterocycles. The number of benzene rings is 1. The maximum atomic E-state index is 10.9. The summed E-state index contributed by atoms with van der Waals surface area (Å²) in [7, 11) is 0. The molecule has 1 aromatic carbocycles. The van der Waals surface area contributed by atoms with Crippen LogP contribution in [0.25, 0.3) is 11.4 Å². The van der Waals surface area contributed by atoms with Crippen molar-refractivity contribution in [3.8, 4) is 11.4 Å². The fourth-order valence-corrected chi connectivity index (χ4v) is 2.39. The van der Waals surface area contributed by atoms with Crippen LogP contribution in [0.5, 0.6) is 0 Å². The number of carbonyl (C=O) groups excluding carboxylic acids is 1. The van der Waals surface area contributed by atoms with E-state index in [0.717, 1.165) is 5.56 Å².